The summed E-state index contributed by atoms with van der Waals surface area (Å²) in [5, 5.41) is 10.8. The van der Waals surface area contributed by atoms with Gasteiger partial charge in [0.15, 0.2) is 0 Å². The number of nitro benzene ring substituents is 1. The Hall–Kier alpha value is -1.36. The number of carbonyl (C=O) groups is 1. The number of thioether (sulfide) groups is 1. The predicted molar refractivity (Wildman–Crippen MR) is 61.6 cm³/mol. The molecule has 84 valence electrons. The van der Waals surface area contributed by atoms with Gasteiger partial charge in [-0.15, -0.1) is 11.8 Å². The maximum atomic E-state index is 11.1. The van der Waals surface area contributed by atoms with Crippen LogP contribution >= 0.6 is 11.8 Å². The van der Waals surface area contributed by atoms with Crippen LogP contribution in [-0.2, 0) is 4.79 Å². The van der Waals surface area contributed by atoms with Gasteiger partial charge >= 0.3 is 0 Å². The molecule has 0 spiro atoms. The minimum atomic E-state index is -0.409. The molecule has 0 saturated heterocycles. The number of rotatable bonds is 3. The molecule has 2 rings (SSSR count). The number of Topliss-reactive ketones (excluding diaryl/α,β-unsaturated/α-hetero) is 1. The second-order valence-corrected chi connectivity index (χ2v) is 5.15. The molecule has 1 aliphatic carbocycles. The number of nitrogens with zero attached hydrogens (tertiary/aromatic N) is 1. The third-order valence-electron chi connectivity index (χ3n) is 2.55. The summed E-state index contributed by atoms with van der Waals surface area (Å²) in [6, 6.07) is 6.48. The van der Waals surface area contributed by atoms with Gasteiger partial charge in [-0.05, 0) is 18.6 Å². The Labute approximate surface area is 97.2 Å². The van der Waals surface area contributed by atoms with E-state index in [1.165, 1.54) is 12.1 Å². The van der Waals surface area contributed by atoms with Crippen LogP contribution in [-0.4, -0.2) is 16.0 Å². The van der Waals surface area contributed by atoms with Crippen LogP contribution in [0.15, 0.2) is 29.2 Å². The second kappa shape index (κ2) is 4.65. The van der Waals surface area contributed by atoms with Crippen LogP contribution in [0.5, 0.6) is 0 Å². The van der Waals surface area contributed by atoms with E-state index in [1.54, 1.807) is 23.9 Å². The van der Waals surface area contributed by atoms with E-state index in [2.05, 4.69) is 0 Å². The van der Waals surface area contributed by atoms with E-state index in [-0.39, 0.29) is 5.69 Å². The Balaban J connectivity index is 2.00. The zero-order chi connectivity index (χ0) is 11.5. The monoisotopic (exact) mass is 237 g/mol. The molecular weight excluding hydrogens is 226 g/mol. The summed E-state index contributed by atoms with van der Waals surface area (Å²) < 4.78 is 0. The third kappa shape index (κ3) is 2.61. The number of hydrogen-bond donors (Lipinski definition) is 0. The van der Waals surface area contributed by atoms with E-state index < -0.39 is 4.92 Å². The van der Waals surface area contributed by atoms with Crippen molar-refractivity contribution in [1.82, 2.24) is 0 Å². The Morgan fingerprint density at radius 3 is 2.50 bits per heavy atom. The quantitative estimate of drug-likeness (QED) is 0.599. The highest BCUT2D eigenvalue weighted by Gasteiger charge is 2.22. The van der Waals surface area contributed by atoms with Crippen molar-refractivity contribution in [2.24, 2.45) is 0 Å². The Morgan fingerprint density at radius 1 is 1.31 bits per heavy atom. The third-order valence-corrected chi connectivity index (χ3v) is 3.83. The van der Waals surface area contributed by atoms with Crippen LogP contribution in [0, 0.1) is 10.1 Å². The smallest absolute Gasteiger partial charge is 0.269 e. The van der Waals surface area contributed by atoms with Crippen LogP contribution in [0.25, 0.3) is 0 Å². The molecule has 1 aromatic carbocycles. The summed E-state index contributed by atoms with van der Waals surface area (Å²) in [6.45, 7) is 0. The van der Waals surface area contributed by atoms with Gasteiger partial charge in [-0.2, -0.15) is 0 Å². The molecule has 0 aliphatic heterocycles. The van der Waals surface area contributed by atoms with Crippen LogP contribution in [0.2, 0.25) is 0 Å². The maximum absolute atomic E-state index is 11.1. The molecule has 1 unspecified atom stereocenters. The maximum Gasteiger partial charge on any atom is 0.269 e. The van der Waals surface area contributed by atoms with Crippen LogP contribution < -0.4 is 0 Å². The van der Waals surface area contributed by atoms with Crippen molar-refractivity contribution < 1.29 is 9.72 Å². The molecule has 1 atom stereocenters. The summed E-state index contributed by atoms with van der Waals surface area (Å²) in [4.78, 5) is 22.1. The van der Waals surface area contributed by atoms with Crippen molar-refractivity contribution in [3.63, 3.8) is 0 Å². The highest BCUT2D eigenvalue weighted by atomic mass is 32.2. The topological polar surface area (TPSA) is 60.2 Å². The molecule has 4 nitrogen and oxygen atoms in total. The molecule has 0 N–H and O–H groups in total. The van der Waals surface area contributed by atoms with Crippen molar-refractivity contribution in [2.45, 2.75) is 29.4 Å². The van der Waals surface area contributed by atoms with Gasteiger partial charge in [0.25, 0.3) is 5.69 Å². The highest BCUT2D eigenvalue weighted by molar-refractivity contribution is 8.00. The van der Waals surface area contributed by atoms with Crippen molar-refractivity contribution in [1.29, 1.82) is 0 Å². The first-order valence-electron chi connectivity index (χ1n) is 5.08. The summed E-state index contributed by atoms with van der Waals surface area (Å²) in [7, 11) is 0. The summed E-state index contributed by atoms with van der Waals surface area (Å²) in [5.74, 6) is 0.319. The van der Waals surface area contributed by atoms with E-state index in [9.17, 15) is 14.9 Å². The van der Waals surface area contributed by atoms with Gasteiger partial charge in [-0.25, -0.2) is 0 Å². The minimum Gasteiger partial charge on any atom is -0.300 e. The number of carbonyl (C=O) groups excluding carboxylic acids is 1. The average molecular weight is 237 g/mol. The summed E-state index contributed by atoms with van der Waals surface area (Å²) in [5.41, 5.74) is 0.104. The number of benzene rings is 1. The standard InChI is InChI=1S/C11H11NO3S/c13-9-3-6-11(7-9)16-10-4-1-8(2-5-10)12(14)15/h1-2,4-5,11H,3,6-7H2. The molecule has 0 amide bonds. The molecule has 5 heteroatoms. The van der Waals surface area contributed by atoms with Crippen LogP contribution in [0.4, 0.5) is 5.69 Å². The normalized spacial score (nSPS) is 20.0. The second-order valence-electron chi connectivity index (χ2n) is 3.77. The number of hydrogen-bond acceptors (Lipinski definition) is 4. The number of ketones is 1. The first-order valence-corrected chi connectivity index (χ1v) is 5.96. The molecule has 1 aliphatic rings. The molecule has 1 aromatic rings. The van der Waals surface area contributed by atoms with Crippen molar-refractivity contribution >= 4 is 23.2 Å². The minimum absolute atomic E-state index is 0.104. The first kappa shape index (κ1) is 11.1. The fourth-order valence-corrected chi connectivity index (χ4v) is 2.90. The fraction of sp³-hybridized carbons (Fsp3) is 0.364. The lowest BCUT2D eigenvalue weighted by atomic mass is 10.3. The lowest BCUT2D eigenvalue weighted by Crippen LogP contribution is -1.96. The molecule has 16 heavy (non-hydrogen) atoms. The van der Waals surface area contributed by atoms with Crippen molar-refractivity contribution in [2.75, 3.05) is 0 Å². The van der Waals surface area contributed by atoms with E-state index in [4.69, 9.17) is 0 Å². The van der Waals surface area contributed by atoms with Crippen molar-refractivity contribution in [3.8, 4) is 0 Å². The van der Waals surface area contributed by atoms with E-state index >= 15 is 0 Å². The summed E-state index contributed by atoms with van der Waals surface area (Å²) >= 11 is 1.63. The molecule has 0 aromatic heterocycles. The lowest BCUT2D eigenvalue weighted by Gasteiger charge is -2.06. The number of non-ortho nitro benzene ring substituents is 1. The van der Waals surface area contributed by atoms with E-state index in [1.807, 2.05) is 0 Å². The molecular formula is C11H11NO3S. The zero-order valence-electron chi connectivity index (χ0n) is 8.59. The van der Waals surface area contributed by atoms with Crippen molar-refractivity contribution in [3.05, 3.63) is 34.4 Å². The molecule has 0 heterocycles. The Morgan fingerprint density at radius 2 is 2.00 bits per heavy atom. The number of nitro groups is 1. The van der Waals surface area contributed by atoms with Gasteiger partial charge in [0.05, 0.1) is 4.92 Å². The fourth-order valence-electron chi connectivity index (χ4n) is 1.72. The molecule has 1 saturated carbocycles. The van der Waals surface area contributed by atoms with Gasteiger partial charge in [0.1, 0.15) is 5.78 Å². The SMILES string of the molecule is O=C1CCC(Sc2ccc([N+](=O)[O-])cc2)C1. The largest absolute Gasteiger partial charge is 0.300 e. The molecule has 1 fully saturated rings. The Bertz CT molecular complexity index is 416. The van der Waals surface area contributed by atoms with Gasteiger partial charge in [-0.3, -0.25) is 14.9 Å². The van der Waals surface area contributed by atoms with E-state index in [0.29, 0.717) is 23.9 Å². The lowest BCUT2D eigenvalue weighted by molar-refractivity contribution is -0.384. The van der Waals surface area contributed by atoms with Crippen LogP contribution in [0.3, 0.4) is 0 Å². The molecule has 0 bridgehead atoms. The zero-order valence-corrected chi connectivity index (χ0v) is 9.40. The first-order chi connectivity index (χ1) is 7.65. The highest BCUT2D eigenvalue weighted by Crippen LogP contribution is 2.33. The van der Waals surface area contributed by atoms with Crippen LogP contribution in [0.1, 0.15) is 19.3 Å². The Kier molecular flexibility index (Phi) is 3.24. The predicted octanol–water partition coefficient (Wildman–Crippen LogP) is 2.81. The van der Waals surface area contributed by atoms with Gasteiger partial charge in [0, 0.05) is 35.1 Å². The van der Waals surface area contributed by atoms with Gasteiger partial charge in [-0.1, -0.05) is 0 Å². The van der Waals surface area contributed by atoms with Gasteiger partial charge < -0.3 is 0 Å². The van der Waals surface area contributed by atoms with Gasteiger partial charge in [0.2, 0.25) is 0 Å². The average Bonchev–Trinajstić information content (AvgIpc) is 2.65. The molecule has 0 radical (unpaired) electrons. The van der Waals surface area contributed by atoms with E-state index in [0.717, 1.165) is 11.3 Å². The summed E-state index contributed by atoms with van der Waals surface area (Å²) in [6.07, 6.45) is 2.22.